The second-order valence-corrected chi connectivity index (χ2v) is 8.35. The van der Waals surface area contributed by atoms with Gasteiger partial charge in [-0.05, 0) is 69.4 Å². The zero-order chi connectivity index (χ0) is 21.2. The first-order valence-corrected chi connectivity index (χ1v) is 11.2. The molecule has 160 valence electrons. The highest BCUT2D eigenvalue weighted by molar-refractivity contribution is 7.98. The Balaban J connectivity index is 1.39. The van der Waals surface area contributed by atoms with Gasteiger partial charge >= 0.3 is 0 Å². The lowest BCUT2D eigenvalue weighted by Crippen LogP contribution is -2.15. The largest absolute Gasteiger partial charge is 0.494 e. The van der Waals surface area contributed by atoms with Crippen LogP contribution in [0.3, 0.4) is 0 Å². The lowest BCUT2D eigenvalue weighted by atomic mass is 10.2. The van der Waals surface area contributed by atoms with Gasteiger partial charge in [0.1, 0.15) is 11.5 Å². The van der Waals surface area contributed by atoms with E-state index in [2.05, 4.69) is 42.2 Å². The van der Waals surface area contributed by atoms with Crippen LogP contribution in [-0.2, 0) is 5.75 Å². The van der Waals surface area contributed by atoms with E-state index in [-0.39, 0.29) is 0 Å². The molecule has 1 heterocycles. The van der Waals surface area contributed by atoms with Crippen molar-refractivity contribution in [1.29, 1.82) is 0 Å². The molecule has 0 amide bonds. The summed E-state index contributed by atoms with van der Waals surface area (Å²) in [5.41, 5.74) is 2.09. The highest BCUT2D eigenvalue weighted by Gasteiger charge is 2.09. The standard InChI is InChI=1S/C23H29N3O3S/c1-18-6-4-7-21(16-18)28-14-15-30-17-22-24-25-23(29-22)19-8-10-20(11-9-19)27-13-5-12-26(2)3/h4,6-11,16H,5,12-15,17H2,1-3H3. The SMILES string of the molecule is Cc1cccc(OCCSCc2nnc(-c3ccc(OCCCN(C)C)cc3)o2)c1. The topological polar surface area (TPSA) is 60.6 Å². The van der Waals surface area contributed by atoms with Crippen molar-refractivity contribution in [2.75, 3.05) is 39.6 Å². The van der Waals surface area contributed by atoms with Crippen molar-refractivity contribution in [3.8, 4) is 23.0 Å². The average molecular weight is 428 g/mol. The van der Waals surface area contributed by atoms with Crippen LogP contribution in [0.1, 0.15) is 17.9 Å². The van der Waals surface area contributed by atoms with Crippen LogP contribution in [0.15, 0.2) is 52.9 Å². The van der Waals surface area contributed by atoms with Crippen molar-refractivity contribution in [3.63, 3.8) is 0 Å². The van der Waals surface area contributed by atoms with Crippen molar-refractivity contribution in [2.24, 2.45) is 0 Å². The molecule has 0 unspecified atom stereocenters. The number of hydrogen-bond donors (Lipinski definition) is 0. The average Bonchev–Trinajstić information content (AvgIpc) is 3.20. The van der Waals surface area contributed by atoms with Gasteiger partial charge in [0.25, 0.3) is 0 Å². The van der Waals surface area contributed by atoms with E-state index in [4.69, 9.17) is 13.9 Å². The summed E-state index contributed by atoms with van der Waals surface area (Å²) >= 11 is 1.71. The third kappa shape index (κ3) is 7.39. The van der Waals surface area contributed by atoms with Crippen LogP contribution in [-0.4, -0.2) is 54.7 Å². The lowest BCUT2D eigenvalue weighted by Gasteiger charge is -2.10. The summed E-state index contributed by atoms with van der Waals surface area (Å²) in [5.74, 6) is 4.42. The Morgan fingerprint density at radius 2 is 1.77 bits per heavy atom. The number of benzene rings is 2. The van der Waals surface area contributed by atoms with E-state index < -0.39 is 0 Å². The first-order chi connectivity index (χ1) is 14.6. The van der Waals surface area contributed by atoms with Crippen molar-refractivity contribution in [2.45, 2.75) is 19.1 Å². The Bertz CT molecular complexity index is 897. The molecule has 0 saturated carbocycles. The second-order valence-electron chi connectivity index (χ2n) is 7.25. The molecule has 0 fully saturated rings. The van der Waals surface area contributed by atoms with E-state index in [1.807, 2.05) is 42.5 Å². The normalized spacial score (nSPS) is 11.1. The number of aryl methyl sites for hydroxylation is 1. The molecule has 0 aliphatic rings. The van der Waals surface area contributed by atoms with E-state index in [1.165, 1.54) is 5.56 Å². The lowest BCUT2D eigenvalue weighted by molar-refractivity contribution is 0.281. The predicted octanol–water partition coefficient (Wildman–Crippen LogP) is 4.69. The van der Waals surface area contributed by atoms with Gasteiger partial charge in [0.15, 0.2) is 0 Å². The molecule has 0 N–H and O–H groups in total. The maximum absolute atomic E-state index is 5.78. The third-order valence-electron chi connectivity index (χ3n) is 4.30. The molecule has 6 nitrogen and oxygen atoms in total. The molecule has 30 heavy (non-hydrogen) atoms. The number of aromatic nitrogens is 2. The minimum Gasteiger partial charge on any atom is -0.494 e. The minimum absolute atomic E-state index is 0.528. The molecule has 0 radical (unpaired) electrons. The van der Waals surface area contributed by atoms with Gasteiger partial charge in [0.05, 0.1) is 19.0 Å². The molecule has 1 aromatic heterocycles. The molecule has 3 rings (SSSR count). The molecular formula is C23H29N3O3S. The highest BCUT2D eigenvalue weighted by atomic mass is 32.2. The van der Waals surface area contributed by atoms with E-state index >= 15 is 0 Å². The number of thioether (sulfide) groups is 1. The summed E-state index contributed by atoms with van der Waals surface area (Å²) < 4.78 is 17.3. The quantitative estimate of drug-likeness (QED) is 0.389. The molecular weight excluding hydrogens is 398 g/mol. The van der Waals surface area contributed by atoms with Crippen LogP contribution in [0.2, 0.25) is 0 Å². The minimum atomic E-state index is 0.528. The fourth-order valence-corrected chi connectivity index (χ4v) is 3.41. The van der Waals surface area contributed by atoms with Gasteiger partial charge in [-0.2, -0.15) is 0 Å². The maximum atomic E-state index is 5.78. The Labute approximate surface area is 182 Å². The van der Waals surface area contributed by atoms with Crippen LogP contribution in [0.25, 0.3) is 11.5 Å². The molecule has 0 aliphatic heterocycles. The number of rotatable bonds is 12. The molecule has 0 saturated heterocycles. The van der Waals surface area contributed by atoms with Gasteiger partial charge in [-0.25, -0.2) is 0 Å². The Hall–Kier alpha value is -2.51. The van der Waals surface area contributed by atoms with Crippen LogP contribution >= 0.6 is 11.8 Å². The first-order valence-electron chi connectivity index (χ1n) is 10.1. The summed E-state index contributed by atoms with van der Waals surface area (Å²) in [6.07, 6.45) is 0.996. The number of nitrogens with zero attached hydrogens (tertiary/aromatic N) is 3. The molecule has 0 atom stereocenters. The zero-order valence-corrected chi connectivity index (χ0v) is 18.7. The monoisotopic (exact) mass is 427 g/mol. The molecule has 0 spiro atoms. The Kier molecular flexibility index (Phi) is 8.59. The van der Waals surface area contributed by atoms with Crippen molar-refractivity contribution in [3.05, 3.63) is 60.0 Å². The summed E-state index contributed by atoms with van der Waals surface area (Å²) in [6, 6.07) is 15.8. The first kappa shape index (κ1) is 22.2. The van der Waals surface area contributed by atoms with Gasteiger partial charge in [-0.3, -0.25) is 0 Å². The van der Waals surface area contributed by atoms with Crippen molar-refractivity contribution < 1.29 is 13.9 Å². The highest BCUT2D eigenvalue weighted by Crippen LogP contribution is 2.23. The van der Waals surface area contributed by atoms with Crippen LogP contribution in [0.4, 0.5) is 0 Å². The van der Waals surface area contributed by atoms with E-state index in [9.17, 15) is 0 Å². The van der Waals surface area contributed by atoms with Crippen molar-refractivity contribution in [1.82, 2.24) is 15.1 Å². The summed E-state index contributed by atoms with van der Waals surface area (Å²) in [4.78, 5) is 2.15. The van der Waals surface area contributed by atoms with E-state index in [1.54, 1.807) is 11.8 Å². The van der Waals surface area contributed by atoms with E-state index in [0.29, 0.717) is 30.7 Å². The summed E-state index contributed by atoms with van der Waals surface area (Å²) in [5, 5.41) is 8.30. The molecule has 0 bridgehead atoms. The molecule has 7 heteroatoms. The number of ether oxygens (including phenoxy) is 2. The van der Waals surface area contributed by atoms with Crippen LogP contribution in [0, 0.1) is 6.92 Å². The Morgan fingerprint density at radius 1 is 0.967 bits per heavy atom. The smallest absolute Gasteiger partial charge is 0.247 e. The Morgan fingerprint density at radius 3 is 2.53 bits per heavy atom. The van der Waals surface area contributed by atoms with Gasteiger partial charge in [-0.1, -0.05) is 12.1 Å². The fourth-order valence-electron chi connectivity index (χ4n) is 2.78. The molecule has 3 aromatic rings. The fraction of sp³-hybridized carbons (Fsp3) is 0.391. The van der Waals surface area contributed by atoms with Gasteiger partial charge < -0.3 is 18.8 Å². The summed E-state index contributed by atoms with van der Waals surface area (Å²) in [7, 11) is 4.12. The van der Waals surface area contributed by atoms with E-state index in [0.717, 1.165) is 35.8 Å². The third-order valence-corrected chi connectivity index (χ3v) is 5.20. The molecule has 0 aliphatic carbocycles. The zero-order valence-electron chi connectivity index (χ0n) is 17.8. The van der Waals surface area contributed by atoms with Gasteiger partial charge in [-0.15, -0.1) is 22.0 Å². The van der Waals surface area contributed by atoms with Gasteiger partial charge in [0, 0.05) is 17.9 Å². The van der Waals surface area contributed by atoms with Crippen LogP contribution in [0.5, 0.6) is 11.5 Å². The molecule has 2 aromatic carbocycles. The van der Waals surface area contributed by atoms with Gasteiger partial charge in [0.2, 0.25) is 11.8 Å². The number of hydrogen-bond acceptors (Lipinski definition) is 7. The van der Waals surface area contributed by atoms with Crippen molar-refractivity contribution >= 4 is 11.8 Å². The maximum Gasteiger partial charge on any atom is 0.247 e. The van der Waals surface area contributed by atoms with Crippen LogP contribution < -0.4 is 9.47 Å². The summed E-state index contributed by atoms with van der Waals surface area (Å²) in [6.45, 7) is 4.42. The predicted molar refractivity (Wildman–Crippen MR) is 121 cm³/mol. The second kappa shape index (κ2) is 11.6.